The van der Waals surface area contributed by atoms with Crippen LogP contribution in [0.2, 0.25) is 0 Å². The average molecular weight is 275 g/mol. The van der Waals surface area contributed by atoms with Crippen LogP contribution in [0.1, 0.15) is 37.1 Å². The molecule has 1 aromatic rings. The van der Waals surface area contributed by atoms with Crippen LogP contribution in [0.4, 0.5) is 0 Å². The summed E-state index contributed by atoms with van der Waals surface area (Å²) in [4.78, 5) is 11.7. The standard InChI is InChI=1S/C12H22N4O.ClH/c1-9(11-8-16(4)15-10(11)2)14-12(17)6-5-7-13-3;/h8-9,13H,5-7H2,1-4H3,(H,14,17);1H. The van der Waals surface area contributed by atoms with Gasteiger partial charge in [0.1, 0.15) is 0 Å². The Morgan fingerprint density at radius 1 is 1.56 bits per heavy atom. The second-order valence-electron chi connectivity index (χ2n) is 4.34. The maximum Gasteiger partial charge on any atom is 0.220 e. The number of halogens is 1. The first-order chi connectivity index (χ1) is 8.04. The molecule has 0 saturated heterocycles. The third-order valence-electron chi connectivity index (χ3n) is 2.73. The van der Waals surface area contributed by atoms with Crippen LogP contribution < -0.4 is 10.6 Å². The molecule has 0 spiro atoms. The van der Waals surface area contributed by atoms with E-state index in [2.05, 4.69) is 15.7 Å². The molecule has 104 valence electrons. The van der Waals surface area contributed by atoms with Crippen molar-refractivity contribution in [2.45, 2.75) is 32.7 Å². The normalized spacial score (nSPS) is 11.8. The van der Waals surface area contributed by atoms with Gasteiger partial charge in [0.25, 0.3) is 0 Å². The number of aromatic nitrogens is 2. The number of nitrogens with one attached hydrogen (secondary N) is 2. The minimum absolute atomic E-state index is 0. The molecular formula is C12H23ClN4O. The predicted octanol–water partition coefficient (Wildman–Crippen LogP) is 1.33. The summed E-state index contributed by atoms with van der Waals surface area (Å²) in [5.41, 5.74) is 2.05. The molecular weight excluding hydrogens is 252 g/mol. The predicted molar refractivity (Wildman–Crippen MR) is 74.9 cm³/mol. The van der Waals surface area contributed by atoms with E-state index < -0.39 is 0 Å². The Balaban J connectivity index is 0.00000289. The molecule has 1 aromatic heterocycles. The minimum Gasteiger partial charge on any atom is -0.349 e. The molecule has 18 heavy (non-hydrogen) atoms. The molecule has 1 atom stereocenters. The van der Waals surface area contributed by atoms with Gasteiger partial charge in [-0.2, -0.15) is 5.10 Å². The van der Waals surface area contributed by atoms with E-state index in [1.165, 1.54) is 0 Å². The summed E-state index contributed by atoms with van der Waals surface area (Å²) in [5, 5.41) is 10.3. The number of hydrogen-bond donors (Lipinski definition) is 2. The van der Waals surface area contributed by atoms with E-state index >= 15 is 0 Å². The van der Waals surface area contributed by atoms with Gasteiger partial charge in [-0.1, -0.05) is 0 Å². The summed E-state index contributed by atoms with van der Waals surface area (Å²) in [6, 6.07) is 0.0192. The number of nitrogens with zero attached hydrogens (tertiary/aromatic N) is 2. The topological polar surface area (TPSA) is 59.0 Å². The van der Waals surface area contributed by atoms with Gasteiger partial charge in [0.2, 0.25) is 5.91 Å². The lowest BCUT2D eigenvalue weighted by Crippen LogP contribution is -2.27. The summed E-state index contributed by atoms with van der Waals surface area (Å²) in [6.45, 7) is 4.81. The maximum absolute atomic E-state index is 11.7. The number of hydrogen-bond acceptors (Lipinski definition) is 3. The summed E-state index contributed by atoms with van der Waals surface area (Å²) < 4.78 is 1.77. The summed E-state index contributed by atoms with van der Waals surface area (Å²) in [5.74, 6) is 0.0935. The van der Waals surface area contributed by atoms with Crippen LogP contribution in [0.5, 0.6) is 0 Å². The lowest BCUT2D eigenvalue weighted by molar-refractivity contribution is -0.121. The molecule has 0 aliphatic carbocycles. The van der Waals surface area contributed by atoms with Crippen molar-refractivity contribution in [2.24, 2.45) is 7.05 Å². The molecule has 0 fully saturated rings. The largest absolute Gasteiger partial charge is 0.349 e. The molecule has 1 rings (SSSR count). The fraction of sp³-hybridized carbons (Fsp3) is 0.667. The van der Waals surface area contributed by atoms with Gasteiger partial charge < -0.3 is 10.6 Å². The van der Waals surface area contributed by atoms with Gasteiger partial charge in [-0.3, -0.25) is 9.48 Å². The quantitative estimate of drug-likeness (QED) is 0.770. The number of aryl methyl sites for hydroxylation is 2. The zero-order chi connectivity index (χ0) is 12.8. The van der Waals surface area contributed by atoms with Crippen molar-refractivity contribution in [1.82, 2.24) is 20.4 Å². The van der Waals surface area contributed by atoms with Crippen LogP contribution >= 0.6 is 12.4 Å². The van der Waals surface area contributed by atoms with Gasteiger partial charge in [0, 0.05) is 25.2 Å². The van der Waals surface area contributed by atoms with Crippen molar-refractivity contribution in [3.05, 3.63) is 17.5 Å². The third-order valence-corrected chi connectivity index (χ3v) is 2.73. The van der Waals surface area contributed by atoms with Gasteiger partial charge in [-0.05, 0) is 33.9 Å². The minimum atomic E-state index is 0. The SMILES string of the molecule is CNCCCC(=O)NC(C)c1cn(C)nc1C.Cl. The van der Waals surface area contributed by atoms with E-state index in [1.807, 2.05) is 34.1 Å². The van der Waals surface area contributed by atoms with Crippen molar-refractivity contribution in [3.8, 4) is 0 Å². The molecule has 0 bridgehead atoms. The highest BCUT2D eigenvalue weighted by atomic mass is 35.5. The molecule has 0 radical (unpaired) electrons. The Labute approximate surface area is 115 Å². The zero-order valence-electron chi connectivity index (χ0n) is 11.5. The van der Waals surface area contributed by atoms with Crippen molar-refractivity contribution < 1.29 is 4.79 Å². The van der Waals surface area contributed by atoms with Crippen LogP contribution in [0.3, 0.4) is 0 Å². The maximum atomic E-state index is 11.7. The van der Waals surface area contributed by atoms with E-state index in [0.717, 1.165) is 24.2 Å². The van der Waals surface area contributed by atoms with E-state index in [9.17, 15) is 4.79 Å². The van der Waals surface area contributed by atoms with E-state index in [-0.39, 0.29) is 24.4 Å². The number of amides is 1. The smallest absolute Gasteiger partial charge is 0.220 e. The highest BCUT2D eigenvalue weighted by Gasteiger charge is 2.13. The highest BCUT2D eigenvalue weighted by molar-refractivity contribution is 5.85. The fourth-order valence-corrected chi connectivity index (χ4v) is 1.86. The molecule has 0 saturated carbocycles. The molecule has 0 aliphatic heterocycles. The van der Waals surface area contributed by atoms with Crippen LogP contribution in [0.25, 0.3) is 0 Å². The average Bonchev–Trinajstić information content (AvgIpc) is 2.58. The first-order valence-electron chi connectivity index (χ1n) is 5.98. The monoisotopic (exact) mass is 274 g/mol. The second kappa shape index (κ2) is 8.11. The molecule has 1 unspecified atom stereocenters. The number of carbonyl (C=O) groups excluding carboxylic acids is 1. The van der Waals surface area contributed by atoms with E-state index in [1.54, 1.807) is 4.68 Å². The fourth-order valence-electron chi connectivity index (χ4n) is 1.86. The van der Waals surface area contributed by atoms with E-state index in [4.69, 9.17) is 0 Å². The number of carbonyl (C=O) groups is 1. The van der Waals surface area contributed by atoms with E-state index in [0.29, 0.717) is 6.42 Å². The highest BCUT2D eigenvalue weighted by Crippen LogP contribution is 2.15. The van der Waals surface area contributed by atoms with Crippen molar-refractivity contribution in [3.63, 3.8) is 0 Å². The first-order valence-corrected chi connectivity index (χ1v) is 5.98. The van der Waals surface area contributed by atoms with Crippen LogP contribution in [0, 0.1) is 6.92 Å². The second-order valence-corrected chi connectivity index (χ2v) is 4.34. The zero-order valence-corrected chi connectivity index (χ0v) is 12.3. The Morgan fingerprint density at radius 3 is 2.72 bits per heavy atom. The Kier molecular flexibility index (Phi) is 7.62. The first kappa shape index (κ1) is 16.9. The molecule has 0 aliphatic rings. The van der Waals surface area contributed by atoms with Gasteiger partial charge >= 0.3 is 0 Å². The van der Waals surface area contributed by atoms with Crippen LogP contribution in [0.15, 0.2) is 6.20 Å². The van der Waals surface area contributed by atoms with Crippen LogP contribution in [-0.2, 0) is 11.8 Å². The molecule has 1 heterocycles. The van der Waals surface area contributed by atoms with Crippen LogP contribution in [-0.4, -0.2) is 29.3 Å². The molecule has 5 nitrogen and oxygen atoms in total. The lowest BCUT2D eigenvalue weighted by atomic mass is 10.1. The summed E-state index contributed by atoms with van der Waals surface area (Å²) in [7, 11) is 3.78. The summed E-state index contributed by atoms with van der Waals surface area (Å²) >= 11 is 0. The third kappa shape index (κ3) is 5.06. The van der Waals surface area contributed by atoms with Gasteiger partial charge in [-0.25, -0.2) is 0 Å². The van der Waals surface area contributed by atoms with Crippen molar-refractivity contribution in [1.29, 1.82) is 0 Å². The summed E-state index contributed by atoms with van der Waals surface area (Å²) in [6.07, 6.45) is 3.37. The van der Waals surface area contributed by atoms with Crippen molar-refractivity contribution in [2.75, 3.05) is 13.6 Å². The molecule has 0 aromatic carbocycles. The van der Waals surface area contributed by atoms with Gasteiger partial charge in [0.05, 0.1) is 11.7 Å². The Bertz CT molecular complexity index is 378. The molecule has 1 amide bonds. The molecule has 6 heteroatoms. The van der Waals surface area contributed by atoms with Crippen molar-refractivity contribution >= 4 is 18.3 Å². The number of rotatable bonds is 6. The molecule has 2 N–H and O–H groups in total. The lowest BCUT2D eigenvalue weighted by Gasteiger charge is -2.13. The van der Waals surface area contributed by atoms with Gasteiger partial charge in [0.15, 0.2) is 0 Å². The van der Waals surface area contributed by atoms with Gasteiger partial charge in [-0.15, -0.1) is 12.4 Å². The Morgan fingerprint density at radius 2 is 2.22 bits per heavy atom. The Hall–Kier alpha value is -1.07.